The highest BCUT2D eigenvalue weighted by Gasteiger charge is 2.04. The van der Waals surface area contributed by atoms with Gasteiger partial charge in [-0.25, -0.2) is 9.78 Å². The molecule has 0 aliphatic heterocycles. The van der Waals surface area contributed by atoms with E-state index in [9.17, 15) is 4.79 Å². The van der Waals surface area contributed by atoms with Crippen LogP contribution in [-0.2, 0) is 0 Å². The zero-order valence-corrected chi connectivity index (χ0v) is 9.41. The Morgan fingerprint density at radius 1 is 1.31 bits per heavy atom. The van der Waals surface area contributed by atoms with E-state index < -0.39 is 5.97 Å². The van der Waals surface area contributed by atoms with Crippen molar-refractivity contribution in [2.45, 2.75) is 6.92 Å². The fourth-order valence-corrected chi connectivity index (χ4v) is 1.35. The first-order valence-electron chi connectivity index (χ1n) is 4.52. The number of imidazole rings is 1. The summed E-state index contributed by atoms with van der Waals surface area (Å²) in [5.74, 6) is -0.0768. The highest BCUT2D eigenvalue weighted by Crippen LogP contribution is 2.17. The van der Waals surface area contributed by atoms with Crippen molar-refractivity contribution >= 4 is 18.4 Å². The summed E-state index contributed by atoms with van der Waals surface area (Å²) in [6.07, 6.45) is 1.80. The van der Waals surface area contributed by atoms with E-state index in [1.54, 1.807) is 30.5 Å². The van der Waals surface area contributed by atoms with Gasteiger partial charge in [-0.1, -0.05) is 12.1 Å². The Hall–Kier alpha value is -1.81. The molecule has 0 spiro atoms. The topological polar surface area (TPSA) is 66.0 Å². The third-order valence-electron chi connectivity index (χ3n) is 2.13. The number of halogens is 1. The fraction of sp³-hybridized carbons (Fsp3) is 0.0909. The Morgan fingerprint density at radius 2 is 1.94 bits per heavy atom. The van der Waals surface area contributed by atoms with Crippen molar-refractivity contribution in [2.24, 2.45) is 0 Å². The van der Waals surface area contributed by atoms with Gasteiger partial charge in [0.15, 0.2) is 0 Å². The number of hydrogen-bond acceptors (Lipinski definition) is 2. The molecule has 0 radical (unpaired) electrons. The maximum Gasteiger partial charge on any atom is 0.335 e. The fourth-order valence-electron chi connectivity index (χ4n) is 1.35. The van der Waals surface area contributed by atoms with Gasteiger partial charge in [-0.15, -0.1) is 12.4 Å². The average Bonchev–Trinajstić information content (AvgIpc) is 2.65. The van der Waals surface area contributed by atoms with Gasteiger partial charge in [0.05, 0.1) is 11.3 Å². The van der Waals surface area contributed by atoms with E-state index in [2.05, 4.69) is 9.97 Å². The molecule has 0 saturated carbocycles. The average molecular weight is 239 g/mol. The molecule has 0 aliphatic rings. The largest absolute Gasteiger partial charge is 0.478 e. The van der Waals surface area contributed by atoms with Crippen molar-refractivity contribution < 1.29 is 9.90 Å². The monoisotopic (exact) mass is 238 g/mol. The quantitative estimate of drug-likeness (QED) is 0.845. The van der Waals surface area contributed by atoms with Crippen LogP contribution in [0.4, 0.5) is 0 Å². The van der Waals surface area contributed by atoms with Gasteiger partial charge in [-0.2, -0.15) is 0 Å². The number of aromatic carboxylic acids is 1. The van der Waals surface area contributed by atoms with Gasteiger partial charge in [0.1, 0.15) is 5.82 Å². The molecule has 0 fully saturated rings. The Bertz CT molecular complexity index is 491. The van der Waals surface area contributed by atoms with E-state index in [-0.39, 0.29) is 18.0 Å². The number of carbonyl (C=O) groups is 1. The molecular formula is C11H11ClN2O2. The van der Waals surface area contributed by atoms with Crippen LogP contribution in [0.5, 0.6) is 0 Å². The molecule has 1 aromatic heterocycles. The van der Waals surface area contributed by atoms with Crippen LogP contribution in [0.3, 0.4) is 0 Å². The molecule has 16 heavy (non-hydrogen) atoms. The highest BCUT2D eigenvalue weighted by molar-refractivity contribution is 5.88. The van der Waals surface area contributed by atoms with Crippen LogP contribution in [0.15, 0.2) is 30.5 Å². The maximum absolute atomic E-state index is 10.6. The zero-order chi connectivity index (χ0) is 10.8. The molecule has 0 amide bonds. The van der Waals surface area contributed by atoms with Crippen molar-refractivity contribution in [2.75, 3.05) is 0 Å². The summed E-state index contributed by atoms with van der Waals surface area (Å²) < 4.78 is 0. The van der Waals surface area contributed by atoms with Crippen LogP contribution < -0.4 is 0 Å². The van der Waals surface area contributed by atoms with Gasteiger partial charge < -0.3 is 10.1 Å². The third-order valence-corrected chi connectivity index (χ3v) is 2.13. The summed E-state index contributed by atoms with van der Waals surface area (Å²) in [6.45, 7) is 1.87. The molecule has 1 heterocycles. The zero-order valence-electron chi connectivity index (χ0n) is 8.60. The SMILES string of the molecule is Cc1nc(-c2ccc(C(=O)O)cc2)c[nH]1.Cl. The lowest BCUT2D eigenvalue weighted by atomic mass is 10.1. The molecule has 1 aromatic carbocycles. The number of aromatic amines is 1. The number of rotatable bonds is 2. The smallest absolute Gasteiger partial charge is 0.335 e. The van der Waals surface area contributed by atoms with Crippen molar-refractivity contribution in [3.05, 3.63) is 41.9 Å². The van der Waals surface area contributed by atoms with Crippen molar-refractivity contribution in [3.63, 3.8) is 0 Å². The van der Waals surface area contributed by atoms with Crippen LogP contribution in [0, 0.1) is 6.92 Å². The summed E-state index contributed by atoms with van der Waals surface area (Å²) in [7, 11) is 0. The molecule has 2 N–H and O–H groups in total. The third kappa shape index (κ3) is 2.41. The van der Waals surface area contributed by atoms with E-state index in [4.69, 9.17) is 5.11 Å². The molecule has 4 nitrogen and oxygen atoms in total. The Morgan fingerprint density at radius 3 is 2.38 bits per heavy atom. The van der Waals surface area contributed by atoms with Gasteiger partial charge in [0, 0.05) is 11.8 Å². The number of H-pyrrole nitrogens is 1. The number of aryl methyl sites for hydroxylation is 1. The summed E-state index contributed by atoms with van der Waals surface area (Å²) >= 11 is 0. The van der Waals surface area contributed by atoms with E-state index in [0.29, 0.717) is 0 Å². The predicted molar refractivity (Wildman–Crippen MR) is 63.0 cm³/mol. The van der Waals surface area contributed by atoms with Crippen molar-refractivity contribution in [3.8, 4) is 11.3 Å². The lowest BCUT2D eigenvalue weighted by Crippen LogP contribution is -1.94. The molecule has 0 atom stereocenters. The first kappa shape index (κ1) is 12.3. The second kappa shape index (κ2) is 4.81. The van der Waals surface area contributed by atoms with Crippen LogP contribution in [-0.4, -0.2) is 21.0 Å². The number of carboxylic acid groups (broad SMARTS) is 1. The minimum absolute atomic E-state index is 0. The molecule has 0 aliphatic carbocycles. The molecule has 0 unspecified atom stereocenters. The second-order valence-corrected chi connectivity index (χ2v) is 3.25. The standard InChI is InChI=1S/C11H10N2O2.ClH/c1-7-12-6-10(13-7)8-2-4-9(5-3-8)11(14)15;/h2-6H,1H3,(H,12,13)(H,14,15);1H. The minimum Gasteiger partial charge on any atom is -0.478 e. The number of hydrogen-bond donors (Lipinski definition) is 2. The van der Waals surface area contributed by atoms with Crippen LogP contribution >= 0.6 is 12.4 Å². The first-order chi connectivity index (χ1) is 7.16. The molecule has 5 heteroatoms. The molecule has 2 rings (SSSR count). The number of benzene rings is 1. The summed E-state index contributed by atoms with van der Waals surface area (Å²) in [4.78, 5) is 17.9. The van der Waals surface area contributed by atoms with Gasteiger partial charge in [-0.05, 0) is 19.1 Å². The summed E-state index contributed by atoms with van der Waals surface area (Å²) in [5, 5.41) is 8.73. The van der Waals surface area contributed by atoms with E-state index in [0.717, 1.165) is 17.1 Å². The lowest BCUT2D eigenvalue weighted by molar-refractivity contribution is 0.0697. The minimum atomic E-state index is -0.917. The summed E-state index contributed by atoms with van der Waals surface area (Å²) in [5.41, 5.74) is 2.01. The van der Waals surface area contributed by atoms with E-state index in [1.807, 2.05) is 6.92 Å². The van der Waals surface area contributed by atoms with Crippen LogP contribution in [0.25, 0.3) is 11.3 Å². The van der Waals surface area contributed by atoms with Gasteiger partial charge in [0.25, 0.3) is 0 Å². The molecule has 0 saturated heterocycles. The first-order valence-corrected chi connectivity index (χ1v) is 4.52. The normalized spacial score (nSPS) is 9.56. The molecule has 84 valence electrons. The van der Waals surface area contributed by atoms with Crippen molar-refractivity contribution in [1.29, 1.82) is 0 Å². The second-order valence-electron chi connectivity index (χ2n) is 3.25. The lowest BCUT2D eigenvalue weighted by Gasteiger charge is -1.97. The number of nitrogens with one attached hydrogen (secondary N) is 1. The van der Waals surface area contributed by atoms with Crippen LogP contribution in [0.2, 0.25) is 0 Å². The summed E-state index contributed by atoms with van der Waals surface area (Å²) in [6, 6.07) is 6.64. The molecular weight excluding hydrogens is 228 g/mol. The highest BCUT2D eigenvalue weighted by atomic mass is 35.5. The Kier molecular flexibility index (Phi) is 3.68. The van der Waals surface area contributed by atoms with Gasteiger partial charge in [0.2, 0.25) is 0 Å². The Balaban J connectivity index is 0.00000128. The van der Waals surface area contributed by atoms with Gasteiger partial charge >= 0.3 is 5.97 Å². The molecule has 2 aromatic rings. The predicted octanol–water partition coefficient (Wildman–Crippen LogP) is 2.51. The number of nitrogens with zero attached hydrogens (tertiary/aromatic N) is 1. The van der Waals surface area contributed by atoms with Gasteiger partial charge in [-0.3, -0.25) is 0 Å². The number of aromatic nitrogens is 2. The number of carboxylic acids is 1. The van der Waals surface area contributed by atoms with Crippen molar-refractivity contribution in [1.82, 2.24) is 9.97 Å². The molecule has 0 bridgehead atoms. The van der Waals surface area contributed by atoms with E-state index in [1.165, 1.54) is 0 Å². The Labute approximate surface area is 98.8 Å². The van der Waals surface area contributed by atoms with E-state index >= 15 is 0 Å². The van der Waals surface area contributed by atoms with Crippen LogP contribution in [0.1, 0.15) is 16.2 Å². The maximum atomic E-state index is 10.6.